The highest BCUT2D eigenvalue weighted by Crippen LogP contribution is 2.09. The summed E-state index contributed by atoms with van der Waals surface area (Å²) in [4.78, 5) is 12.4. The predicted molar refractivity (Wildman–Crippen MR) is 122 cm³/mol. The summed E-state index contributed by atoms with van der Waals surface area (Å²) >= 11 is 0. The predicted octanol–water partition coefficient (Wildman–Crippen LogP) is 4.63. The normalized spacial score (nSPS) is 10.6. The second-order valence-electron chi connectivity index (χ2n) is 7.31. The highest BCUT2D eigenvalue weighted by molar-refractivity contribution is 5.44. The van der Waals surface area contributed by atoms with Gasteiger partial charge in [-0.2, -0.15) is 5.10 Å². The van der Waals surface area contributed by atoms with E-state index in [2.05, 4.69) is 48.8 Å². The van der Waals surface area contributed by atoms with Gasteiger partial charge in [-0.05, 0) is 63.1 Å². The Morgan fingerprint density at radius 3 is 2.32 bits per heavy atom. The number of fused-ring (bicyclic) bond motifs is 3. The lowest BCUT2D eigenvalue weighted by atomic mass is 10.2. The van der Waals surface area contributed by atoms with Crippen molar-refractivity contribution in [2.75, 3.05) is 0 Å². The molecule has 156 valence electrons. The van der Waals surface area contributed by atoms with Gasteiger partial charge in [-0.25, -0.2) is 19.5 Å². The fourth-order valence-corrected chi connectivity index (χ4v) is 3.28. The quantitative estimate of drug-likeness (QED) is 0.365. The van der Waals surface area contributed by atoms with Crippen LogP contribution < -0.4 is 0 Å². The van der Waals surface area contributed by atoms with Crippen molar-refractivity contribution in [1.29, 1.82) is 0 Å². The Bertz CT molecular complexity index is 1430. The Kier molecular flexibility index (Phi) is 5.75. The van der Waals surface area contributed by atoms with E-state index in [1.165, 1.54) is 17.0 Å². The largest absolute Gasteiger partial charge is 0.304 e. The Morgan fingerprint density at radius 1 is 0.677 bits per heavy atom. The Balaban J connectivity index is 0.000000112. The number of aryl methyl sites for hydroxylation is 4. The maximum atomic E-state index is 4.18. The Labute approximate surface area is 180 Å². The molecule has 6 rings (SSSR count). The molecule has 0 aliphatic carbocycles. The van der Waals surface area contributed by atoms with Crippen LogP contribution in [0.15, 0.2) is 79.8 Å². The second kappa shape index (κ2) is 8.79. The van der Waals surface area contributed by atoms with Gasteiger partial charge in [0.2, 0.25) is 0 Å². The number of hydrogen-bond donors (Lipinski definition) is 0. The number of imidazole rings is 2. The summed E-state index contributed by atoms with van der Waals surface area (Å²) < 4.78 is 5.91. The third-order valence-electron chi connectivity index (χ3n) is 5.19. The molecular formula is C24H25N7. The summed E-state index contributed by atoms with van der Waals surface area (Å²) in [6.45, 7) is 8.27. The third-order valence-corrected chi connectivity index (χ3v) is 5.19. The molecule has 6 aromatic heterocycles. The average Bonchev–Trinajstić information content (AvgIpc) is 3.53. The molecular weight excluding hydrogens is 386 g/mol. The van der Waals surface area contributed by atoms with Crippen LogP contribution >= 0.6 is 0 Å². The van der Waals surface area contributed by atoms with Crippen molar-refractivity contribution in [3.8, 4) is 0 Å². The molecule has 0 amide bonds. The van der Waals surface area contributed by atoms with Crippen LogP contribution in [-0.2, 0) is 0 Å². The van der Waals surface area contributed by atoms with E-state index in [-0.39, 0.29) is 0 Å². The van der Waals surface area contributed by atoms with Gasteiger partial charge < -0.3 is 8.80 Å². The van der Waals surface area contributed by atoms with Crippen molar-refractivity contribution in [3.05, 3.63) is 102 Å². The first-order valence-electron chi connectivity index (χ1n) is 10.1. The SMILES string of the molecule is Cc1ccc2nccn2c1C.Cc1cccn2ncnc12.Cc1cnc2ccccn12. The highest BCUT2D eigenvalue weighted by atomic mass is 15.3. The molecule has 0 radical (unpaired) electrons. The number of rotatable bonds is 0. The summed E-state index contributed by atoms with van der Waals surface area (Å²) in [5.41, 5.74) is 7.86. The maximum absolute atomic E-state index is 4.18. The van der Waals surface area contributed by atoms with Crippen molar-refractivity contribution in [3.63, 3.8) is 0 Å². The lowest BCUT2D eigenvalue weighted by Crippen LogP contribution is -1.91. The fraction of sp³-hybridized carbons (Fsp3) is 0.167. The van der Waals surface area contributed by atoms with Crippen molar-refractivity contribution in [1.82, 2.24) is 33.4 Å². The molecule has 0 fully saturated rings. The molecule has 0 aliphatic heterocycles. The Morgan fingerprint density at radius 2 is 1.52 bits per heavy atom. The molecule has 31 heavy (non-hydrogen) atoms. The molecule has 7 nitrogen and oxygen atoms in total. The van der Waals surface area contributed by atoms with Crippen molar-refractivity contribution < 1.29 is 0 Å². The number of pyridine rings is 3. The van der Waals surface area contributed by atoms with Crippen LogP contribution in [0.5, 0.6) is 0 Å². The summed E-state index contributed by atoms with van der Waals surface area (Å²) in [6, 6.07) is 14.1. The number of aromatic nitrogens is 7. The van der Waals surface area contributed by atoms with E-state index in [1.807, 2.05) is 81.2 Å². The highest BCUT2D eigenvalue weighted by Gasteiger charge is 1.98. The van der Waals surface area contributed by atoms with E-state index in [4.69, 9.17) is 0 Å². The van der Waals surface area contributed by atoms with E-state index >= 15 is 0 Å². The molecule has 0 aliphatic rings. The standard InChI is InChI=1S/C9H10N2.C8H8N2.C7H7N3/c1-7-3-4-9-10-5-6-11(9)8(7)2;1-7-6-9-8-4-2-3-5-10(7)8;1-6-3-2-4-10-7(6)8-5-9-10/h3-6H,1-2H3;2-6H,1H3;2-5H,1H3. The van der Waals surface area contributed by atoms with E-state index in [1.54, 1.807) is 10.8 Å². The van der Waals surface area contributed by atoms with Gasteiger partial charge in [0.05, 0.1) is 0 Å². The van der Waals surface area contributed by atoms with Crippen molar-refractivity contribution in [2.24, 2.45) is 0 Å². The third kappa shape index (κ3) is 4.30. The average molecular weight is 412 g/mol. The Hall–Kier alpha value is -4.00. The van der Waals surface area contributed by atoms with Crippen LogP contribution in [0.3, 0.4) is 0 Å². The molecule has 0 bridgehead atoms. The fourth-order valence-electron chi connectivity index (χ4n) is 3.28. The number of hydrogen-bond acceptors (Lipinski definition) is 4. The first-order valence-corrected chi connectivity index (χ1v) is 10.1. The van der Waals surface area contributed by atoms with Crippen molar-refractivity contribution >= 4 is 16.9 Å². The van der Waals surface area contributed by atoms with Crippen LogP contribution in [0.1, 0.15) is 22.5 Å². The first kappa shape index (κ1) is 20.3. The van der Waals surface area contributed by atoms with Gasteiger partial charge >= 0.3 is 0 Å². The van der Waals surface area contributed by atoms with Gasteiger partial charge in [-0.15, -0.1) is 0 Å². The van der Waals surface area contributed by atoms with Crippen LogP contribution in [-0.4, -0.2) is 33.4 Å². The van der Waals surface area contributed by atoms with Gasteiger partial charge in [-0.1, -0.05) is 18.2 Å². The molecule has 6 aromatic rings. The van der Waals surface area contributed by atoms with Crippen LogP contribution in [0.2, 0.25) is 0 Å². The second-order valence-corrected chi connectivity index (χ2v) is 7.31. The van der Waals surface area contributed by atoms with Crippen LogP contribution in [0.4, 0.5) is 0 Å². The van der Waals surface area contributed by atoms with Gasteiger partial charge in [0.1, 0.15) is 17.6 Å². The lowest BCUT2D eigenvalue weighted by Gasteiger charge is -2.01. The maximum Gasteiger partial charge on any atom is 0.158 e. The van der Waals surface area contributed by atoms with Crippen molar-refractivity contribution in [2.45, 2.75) is 27.7 Å². The zero-order chi connectivity index (χ0) is 21.8. The molecule has 0 saturated heterocycles. The lowest BCUT2D eigenvalue weighted by molar-refractivity contribution is 0.956. The minimum absolute atomic E-state index is 0.933. The smallest absolute Gasteiger partial charge is 0.158 e. The van der Waals surface area contributed by atoms with Gasteiger partial charge in [0.15, 0.2) is 5.65 Å². The summed E-state index contributed by atoms with van der Waals surface area (Å²) in [6.07, 6.45) is 11.1. The molecule has 0 saturated carbocycles. The molecule has 0 aromatic carbocycles. The van der Waals surface area contributed by atoms with E-state index in [9.17, 15) is 0 Å². The van der Waals surface area contributed by atoms with Crippen LogP contribution in [0, 0.1) is 27.7 Å². The van der Waals surface area contributed by atoms with Crippen LogP contribution in [0.25, 0.3) is 16.9 Å². The molecule has 6 heterocycles. The molecule has 0 unspecified atom stereocenters. The van der Waals surface area contributed by atoms with E-state index in [0.29, 0.717) is 0 Å². The molecule has 7 heteroatoms. The minimum atomic E-state index is 0.933. The van der Waals surface area contributed by atoms with Gasteiger partial charge in [-0.3, -0.25) is 0 Å². The molecule has 0 atom stereocenters. The zero-order valence-corrected chi connectivity index (χ0v) is 18.1. The zero-order valence-electron chi connectivity index (χ0n) is 18.1. The minimum Gasteiger partial charge on any atom is -0.304 e. The summed E-state index contributed by atoms with van der Waals surface area (Å²) in [7, 11) is 0. The summed E-state index contributed by atoms with van der Waals surface area (Å²) in [5, 5.41) is 3.99. The summed E-state index contributed by atoms with van der Waals surface area (Å²) in [5.74, 6) is 0. The topological polar surface area (TPSA) is 64.8 Å². The monoisotopic (exact) mass is 411 g/mol. The van der Waals surface area contributed by atoms with Gasteiger partial charge in [0, 0.05) is 42.4 Å². The first-order chi connectivity index (χ1) is 15.0. The number of nitrogens with zero attached hydrogens (tertiary/aromatic N) is 7. The van der Waals surface area contributed by atoms with E-state index < -0.39 is 0 Å². The molecule has 0 spiro atoms. The molecule has 0 N–H and O–H groups in total. The van der Waals surface area contributed by atoms with Gasteiger partial charge in [0.25, 0.3) is 0 Å². The van der Waals surface area contributed by atoms with E-state index in [0.717, 1.165) is 22.5 Å².